The summed E-state index contributed by atoms with van der Waals surface area (Å²) in [7, 11) is 0. The zero-order valence-electron chi connectivity index (χ0n) is 21.5. The lowest BCUT2D eigenvalue weighted by atomic mass is 10.1. The van der Waals surface area contributed by atoms with Crippen LogP contribution in [-0.2, 0) is 6.54 Å². The Morgan fingerprint density at radius 3 is 2.55 bits per heavy atom. The molecule has 1 aromatic carbocycles. The number of thiazole rings is 1. The van der Waals surface area contributed by atoms with Crippen molar-refractivity contribution in [2.45, 2.75) is 52.0 Å². The second-order valence-electron chi connectivity index (χ2n) is 9.52. The van der Waals surface area contributed by atoms with E-state index in [2.05, 4.69) is 39.9 Å². The lowest BCUT2D eigenvalue weighted by Gasteiger charge is -2.21. The summed E-state index contributed by atoms with van der Waals surface area (Å²) in [5.74, 6) is 0.968. The Morgan fingerprint density at radius 2 is 1.84 bits per heavy atom. The number of rotatable bonds is 9. The standard InChI is InChI=1S/C27H32N6O4S/c1-4-37-25-21-19(9-10-28-25)38-26(32-21)20-15(3)30-27(29-12-16-7-5-14(2)6-8-16)33-24(20)31-18-11-17(13-34)22(35)23(18)36/h5-10,17-18,22-23,34-36H,4,11-13H2,1-3H3,(H2,29,30,31,33)/t17-,18?,22-,23+/m1/s1. The fourth-order valence-corrected chi connectivity index (χ4v) is 5.76. The first-order valence-corrected chi connectivity index (χ1v) is 13.5. The number of nitrogens with one attached hydrogen (secondary N) is 2. The van der Waals surface area contributed by atoms with Crippen LogP contribution in [0.2, 0.25) is 0 Å². The van der Waals surface area contributed by atoms with E-state index in [-0.39, 0.29) is 6.61 Å². The molecular formula is C27H32N6O4S. The quantitative estimate of drug-likeness (QED) is 0.216. The summed E-state index contributed by atoms with van der Waals surface area (Å²) in [6.07, 6.45) is 0.0149. The number of ether oxygens (including phenoxy) is 1. The van der Waals surface area contributed by atoms with Gasteiger partial charge in [0.15, 0.2) is 0 Å². The van der Waals surface area contributed by atoms with E-state index in [0.29, 0.717) is 59.0 Å². The van der Waals surface area contributed by atoms with Crippen LogP contribution in [0.25, 0.3) is 20.8 Å². The number of anilines is 2. The molecule has 0 amide bonds. The average Bonchev–Trinajstić information content (AvgIpc) is 3.45. The molecule has 1 saturated carbocycles. The van der Waals surface area contributed by atoms with Gasteiger partial charge in [-0.25, -0.2) is 15.0 Å². The van der Waals surface area contributed by atoms with Crippen LogP contribution >= 0.6 is 11.3 Å². The molecule has 1 fully saturated rings. The Morgan fingerprint density at radius 1 is 1.05 bits per heavy atom. The number of aromatic nitrogens is 4. The molecule has 0 spiro atoms. The van der Waals surface area contributed by atoms with Crippen molar-refractivity contribution >= 4 is 33.3 Å². The molecule has 5 N–H and O–H groups in total. The van der Waals surface area contributed by atoms with Crippen LogP contribution in [0.1, 0.15) is 30.2 Å². The molecule has 10 nitrogen and oxygen atoms in total. The largest absolute Gasteiger partial charge is 0.476 e. The third-order valence-corrected chi connectivity index (χ3v) is 7.83. The lowest BCUT2D eigenvalue weighted by molar-refractivity contribution is 0.00446. The Hall–Kier alpha value is -3.38. The number of hydrogen-bond donors (Lipinski definition) is 5. The first kappa shape index (κ1) is 26.2. The van der Waals surface area contributed by atoms with E-state index in [9.17, 15) is 15.3 Å². The molecule has 0 radical (unpaired) electrons. The van der Waals surface area contributed by atoms with Crippen molar-refractivity contribution in [3.05, 3.63) is 53.3 Å². The van der Waals surface area contributed by atoms with Crippen molar-refractivity contribution in [3.8, 4) is 16.5 Å². The van der Waals surface area contributed by atoms with E-state index < -0.39 is 24.2 Å². The van der Waals surface area contributed by atoms with Gasteiger partial charge in [-0.2, -0.15) is 4.98 Å². The number of benzene rings is 1. The second kappa shape index (κ2) is 11.2. The van der Waals surface area contributed by atoms with Crippen molar-refractivity contribution in [1.29, 1.82) is 0 Å². The van der Waals surface area contributed by atoms with Gasteiger partial charge in [0, 0.05) is 25.3 Å². The predicted octanol–water partition coefficient (Wildman–Crippen LogP) is 3.29. The van der Waals surface area contributed by atoms with Crippen molar-refractivity contribution in [2.24, 2.45) is 5.92 Å². The first-order valence-electron chi connectivity index (χ1n) is 12.7. The fourth-order valence-electron chi connectivity index (χ4n) is 4.71. The predicted molar refractivity (Wildman–Crippen MR) is 147 cm³/mol. The minimum Gasteiger partial charge on any atom is -0.476 e. The van der Waals surface area contributed by atoms with Crippen molar-refractivity contribution in [2.75, 3.05) is 23.8 Å². The van der Waals surface area contributed by atoms with Gasteiger partial charge >= 0.3 is 0 Å². The molecular weight excluding hydrogens is 504 g/mol. The van der Waals surface area contributed by atoms with Crippen LogP contribution in [-0.4, -0.2) is 66.7 Å². The van der Waals surface area contributed by atoms with Gasteiger partial charge in [0.05, 0.1) is 34.7 Å². The number of nitrogens with zero attached hydrogens (tertiary/aromatic N) is 4. The summed E-state index contributed by atoms with van der Waals surface area (Å²) in [6, 6.07) is 9.61. The molecule has 3 heterocycles. The number of aryl methyl sites for hydroxylation is 2. The minimum atomic E-state index is -1.05. The van der Waals surface area contributed by atoms with Crippen molar-refractivity contribution in [3.63, 3.8) is 0 Å². The van der Waals surface area contributed by atoms with Gasteiger partial charge in [-0.05, 0) is 38.8 Å². The third-order valence-electron chi connectivity index (χ3n) is 6.79. The smallest absolute Gasteiger partial charge is 0.241 e. The highest BCUT2D eigenvalue weighted by Gasteiger charge is 2.41. The van der Waals surface area contributed by atoms with E-state index >= 15 is 0 Å². The van der Waals surface area contributed by atoms with Crippen LogP contribution < -0.4 is 15.4 Å². The van der Waals surface area contributed by atoms with Crippen LogP contribution in [0.15, 0.2) is 36.5 Å². The normalized spacial score (nSPS) is 21.1. The van der Waals surface area contributed by atoms with Gasteiger partial charge in [-0.1, -0.05) is 29.8 Å². The molecule has 11 heteroatoms. The molecule has 1 aliphatic carbocycles. The van der Waals surface area contributed by atoms with Gasteiger partial charge < -0.3 is 30.7 Å². The molecule has 1 unspecified atom stereocenters. The summed E-state index contributed by atoms with van der Waals surface area (Å²) in [4.78, 5) is 18.6. The summed E-state index contributed by atoms with van der Waals surface area (Å²) >= 11 is 1.48. The maximum atomic E-state index is 10.7. The van der Waals surface area contributed by atoms with Crippen LogP contribution in [0, 0.1) is 19.8 Å². The van der Waals surface area contributed by atoms with E-state index in [0.717, 1.165) is 10.3 Å². The molecule has 3 aromatic heterocycles. The van der Waals surface area contributed by atoms with Gasteiger partial charge in [-0.15, -0.1) is 11.3 Å². The summed E-state index contributed by atoms with van der Waals surface area (Å²) < 4.78 is 6.60. The molecule has 0 bridgehead atoms. The fraction of sp³-hybridized carbons (Fsp3) is 0.407. The molecule has 0 aliphatic heterocycles. The topological polar surface area (TPSA) is 146 Å². The molecule has 5 rings (SSSR count). The highest BCUT2D eigenvalue weighted by atomic mass is 32.1. The van der Waals surface area contributed by atoms with Gasteiger partial charge in [0.25, 0.3) is 0 Å². The number of aliphatic hydroxyl groups is 3. The van der Waals surface area contributed by atoms with Crippen LogP contribution in [0.3, 0.4) is 0 Å². The van der Waals surface area contributed by atoms with E-state index in [4.69, 9.17) is 19.7 Å². The Bertz CT molecular complexity index is 1410. The van der Waals surface area contributed by atoms with Gasteiger partial charge in [-0.3, -0.25) is 0 Å². The minimum absolute atomic E-state index is 0.208. The van der Waals surface area contributed by atoms with Gasteiger partial charge in [0.2, 0.25) is 11.8 Å². The number of pyridine rings is 1. The highest BCUT2D eigenvalue weighted by molar-refractivity contribution is 7.21. The first-order chi connectivity index (χ1) is 18.4. The Kier molecular flexibility index (Phi) is 7.70. The van der Waals surface area contributed by atoms with Crippen molar-refractivity contribution in [1.82, 2.24) is 19.9 Å². The summed E-state index contributed by atoms with van der Waals surface area (Å²) in [5, 5.41) is 38.0. The summed E-state index contributed by atoms with van der Waals surface area (Å²) in [5.41, 5.74) is 4.35. The number of aliphatic hydroxyl groups excluding tert-OH is 3. The Balaban J connectivity index is 1.53. The zero-order chi connectivity index (χ0) is 26.8. The monoisotopic (exact) mass is 536 g/mol. The van der Waals surface area contributed by atoms with E-state index in [1.165, 1.54) is 16.9 Å². The molecule has 1 aliphatic rings. The number of fused-ring (bicyclic) bond motifs is 1. The van der Waals surface area contributed by atoms with Crippen LogP contribution in [0.4, 0.5) is 11.8 Å². The molecule has 38 heavy (non-hydrogen) atoms. The lowest BCUT2D eigenvalue weighted by Crippen LogP contribution is -2.35. The Labute approximate surface area is 224 Å². The highest BCUT2D eigenvalue weighted by Crippen LogP contribution is 2.39. The summed E-state index contributed by atoms with van der Waals surface area (Å²) in [6.45, 7) is 6.65. The molecule has 0 saturated heterocycles. The number of hydrogen-bond acceptors (Lipinski definition) is 11. The maximum absolute atomic E-state index is 10.7. The van der Waals surface area contributed by atoms with Crippen molar-refractivity contribution < 1.29 is 20.1 Å². The maximum Gasteiger partial charge on any atom is 0.241 e. The average molecular weight is 537 g/mol. The van der Waals surface area contributed by atoms with E-state index in [1.54, 1.807) is 6.20 Å². The third kappa shape index (κ3) is 5.28. The zero-order valence-corrected chi connectivity index (χ0v) is 22.4. The van der Waals surface area contributed by atoms with E-state index in [1.807, 2.05) is 26.8 Å². The van der Waals surface area contributed by atoms with Crippen LogP contribution in [0.5, 0.6) is 5.88 Å². The molecule has 200 valence electrons. The SMILES string of the molecule is CCOc1nccc2sc(-c3c(C)nc(NCc4ccc(C)cc4)nc3NC3C[C@H](CO)[C@@H](O)[C@H]3O)nc12. The molecule has 4 aromatic rings. The van der Waals surface area contributed by atoms with Gasteiger partial charge in [0.1, 0.15) is 22.4 Å². The second-order valence-corrected chi connectivity index (χ2v) is 10.6. The molecule has 4 atom stereocenters.